The fourth-order valence-electron chi connectivity index (χ4n) is 1.89. The number of carbonyl (C=O) groups is 1. The maximum atomic E-state index is 11.8. The monoisotopic (exact) mass is 280 g/mol. The van der Waals surface area contributed by atoms with Gasteiger partial charge in [-0.3, -0.25) is 4.79 Å². The van der Waals surface area contributed by atoms with Crippen LogP contribution in [0, 0.1) is 13.8 Å². The molecule has 2 aromatic rings. The Bertz CT molecular complexity index is 657. The number of rotatable bonds is 4. The van der Waals surface area contributed by atoms with Gasteiger partial charge < -0.3 is 11.1 Å². The minimum Gasteiger partial charge on any atom is -0.398 e. The number of nitrogen functional groups attached to an aromatic ring is 1. The van der Waals surface area contributed by atoms with Crippen LogP contribution in [0.5, 0.6) is 0 Å². The van der Waals surface area contributed by atoms with Gasteiger partial charge in [0.25, 0.3) is 0 Å². The number of nitrogens with one attached hydrogen (secondary N) is 1. The van der Waals surface area contributed by atoms with Crippen molar-refractivity contribution in [1.82, 2.24) is 5.32 Å². The highest BCUT2D eigenvalue weighted by molar-refractivity contribution is 5.91. The molecule has 21 heavy (non-hydrogen) atoms. The number of nitrogens with two attached hydrogens (primary N) is 1. The number of hydrogen-bond donors (Lipinski definition) is 2. The second kappa shape index (κ2) is 6.75. The minimum absolute atomic E-state index is 0.116. The molecule has 0 atom stereocenters. The molecule has 2 aromatic carbocycles. The molecule has 3 nitrogen and oxygen atoms in total. The first-order valence-corrected chi connectivity index (χ1v) is 6.92. The van der Waals surface area contributed by atoms with Crippen molar-refractivity contribution in [3.8, 4) is 0 Å². The molecule has 0 bridgehead atoms. The van der Waals surface area contributed by atoms with Crippen LogP contribution in [-0.4, -0.2) is 5.91 Å². The quantitative estimate of drug-likeness (QED) is 0.667. The van der Waals surface area contributed by atoms with Crippen molar-refractivity contribution >= 4 is 17.7 Å². The highest BCUT2D eigenvalue weighted by Crippen LogP contribution is 2.13. The number of hydrogen-bond acceptors (Lipinski definition) is 2. The zero-order valence-electron chi connectivity index (χ0n) is 12.4. The summed E-state index contributed by atoms with van der Waals surface area (Å²) in [7, 11) is 0. The smallest absolute Gasteiger partial charge is 0.244 e. The topological polar surface area (TPSA) is 55.1 Å². The van der Waals surface area contributed by atoms with Gasteiger partial charge in [0.15, 0.2) is 0 Å². The number of anilines is 1. The van der Waals surface area contributed by atoms with Gasteiger partial charge in [-0.25, -0.2) is 0 Å². The molecule has 0 saturated heterocycles. The lowest BCUT2D eigenvalue weighted by atomic mass is 10.1. The van der Waals surface area contributed by atoms with Crippen LogP contribution in [0.4, 0.5) is 5.69 Å². The van der Waals surface area contributed by atoms with E-state index in [0.29, 0.717) is 6.54 Å². The van der Waals surface area contributed by atoms with Crippen LogP contribution in [-0.2, 0) is 11.3 Å². The Morgan fingerprint density at radius 3 is 2.52 bits per heavy atom. The standard InChI is InChI=1S/C18H20N2O/c1-13-3-6-16(7-4-13)12-20-18(21)10-9-15-8-5-14(2)17(19)11-15/h3-11H,12,19H2,1-2H3,(H,20,21)/b10-9+. The summed E-state index contributed by atoms with van der Waals surface area (Å²) in [6, 6.07) is 13.8. The average molecular weight is 280 g/mol. The summed E-state index contributed by atoms with van der Waals surface area (Å²) in [4.78, 5) is 11.8. The SMILES string of the molecule is Cc1ccc(CNC(=O)/C=C/c2ccc(C)c(N)c2)cc1. The van der Waals surface area contributed by atoms with Crippen molar-refractivity contribution in [3.05, 3.63) is 70.8 Å². The van der Waals surface area contributed by atoms with E-state index in [1.165, 1.54) is 11.6 Å². The molecule has 0 aromatic heterocycles. The number of benzene rings is 2. The molecule has 0 saturated carbocycles. The molecular weight excluding hydrogens is 260 g/mol. The Kier molecular flexibility index (Phi) is 4.77. The summed E-state index contributed by atoms with van der Waals surface area (Å²) in [6.07, 6.45) is 3.29. The van der Waals surface area contributed by atoms with Crippen LogP contribution in [0.3, 0.4) is 0 Å². The number of carbonyl (C=O) groups excluding carboxylic acids is 1. The van der Waals surface area contributed by atoms with Crippen molar-refractivity contribution < 1.29 is 4.79 Å². The van der Waals surface area contributed by atoms with Crippen LogP contribution < -0.4 is 11.1 Å². The number of amides is 1. The normalized spacial score (nSPS) is 10.8. The molecule has 0 unspecified atom stereocenters. The van der Waals surface area contributed by atoms with Crippen molar-refractivity contribution in [2.75, 3.05) is 5.73 Å². The maximum absolute atomic E-state index is 11.8. The van der Waals surface area contributed by atoms with Crippen molar-refractivity contribution in [3.63, 3.8) is 0 Å². The first-order valence-electron chi connectivity index (χ1n) is 6.92. The van der Waals surface area contributed by atoms with Crippen molar-refractivity contribution in [1.29, 1.82) is 0 Å². The van der Waals surface area contributed by atoms with Crippen molar-refractivity contribution in [2.24, 2.45) is 0 Å². The Morgan fingerprint density at radius 2 is 1.86 bits per heavy atom. The molecule has 0 aliphatic carbocycles. The molecule has 3 N–H and O–H groups in total. The van der Waals surface area contributed by atoms with Gasteiger partial charge in [-0.1, -0.05) is 42.0 Å². The van der Waals surface area contributed by atoms with Gasteiger partial charge in [0.1, 0.15) is 0 Å². The van der Waals surface area contributed by atoms with Gasteiger partial charge in [0.2, 0.25) is 5.91 Å². The first kappa shape index (κ1) is 14.9. The van der Waals surface area contributed by atoms with Crippen LogP contribution in [0.2, 0.25) is 0 Å². The van der Waals surface area contributed by atoms with E-state index in [-0.39, 0.29) is 5.91 Å². The molecular formula is C18H20N2O. The van der Waals surface area contributed by atoms with Gasteiger partial charge in [0, 0.05) is 18.3 Å². The van der Waals surface area contributed by atoms with Crippen LogP contribution >= 0.6 is 0 Å². The highest BCUT2D eigenvalue weighted by Gasteiger charge is 1.98. The van der Waals surface area contributed by atoms with Gasteiger partial charge >= 0.3 is 0 Å². The molecule has 0 fully saturated rings. The second-order valence-electron chi connectivity index (χ2n) is 5.15. The molecule has 108 valence electrons. The third-order valence-corrected chi connectivity index (χ3v) is 3.32. The molecule has 0 spiro atoms. The summed E-state index contributed by atoms with van der Waals surface area (Å²) in [5.74, 6) is -0.116. The summed E-state index contributed by atoms with van der Waals surface area (Å²) < 4.78 is 0. The lowest BCUT2D eigenvalue weighted by molar-refractivity contribution is -0.116. The van der Waals surface area contributed by atoms with Crippen molar-refractivity contribution in [2.45, 2.75) is 20.4 Å². The van der Waals surface area contributed by atoms with E-state index in [4.69, 9.17) is 5.73 Å². The maximum Gasteiger partial charge on any atom is 0.244 e. The van der Waals surface area contributed by atoms with E-state index < -0.39 is 0 Å². The third-order valence-electron chi connectivity index (χ3n) is 3.32. The largest absolute Gasteiger partial charge is 0.398 e. The highest BCUT2D eigenvalue weighted by atomic mass is 16.1. The van der Waals surface area contributed by atoms with Crippen LogP contribution in [0.1, 0.15) is 22.3 Å². The average Bonchev–Trinajstić information content (AvgIpc) is 2.48. The zero-order chi connectivity index (χ0) is 15.2. The molecule has 0 heterocycles. The predicted molar refractivity (Wildman–Crippen MR) is 87.7 cm³/mol. The first-order chi connectivity index (χ1) is 10.0. The molecule has 1 amide bonds. The third kappa shape index (κ3) is 4.49. The molecule has 0 aliphatic heterocycles. The summed E-state index contributed by atoms with van der Waals surface area (Å²) in [5.41, 5.74) is 10.8. The number of aryl methyl sites for hydroxylation is 2. The Labute approximate surface area is 125 Å². The van der Waals surface area contributed by atoms with Gasteiger partial charge in [-0.2, -0.15) is 0 Å². The summed E-state index contributed by atoms with van der Waals surface area (Å²) in [6.45, 7) is 4.52. The minimum atomic E-state index is -0.116. The van der Waals surface area contributed by atoms with E-state index >= 15 is 0 Å². The molecule has 0 aliphatic rings. The van der Waals surface area contributed by atoms with E-state index in [1.807, 2.05) is 56.3 Å². The Morgan fingerprint density at radius 1 is 1.14 bits per heavy atom. The zero-order valence-corrected chi connectivity index (χ0v) is 12.4. The summed E-state index contributed by atoms with van der Waals surface area (Å²) in [5, 5.41) is 2.86. The van der Waals surface area contributed by atoms with E-state index in [9.17, 15) is 4.79 Å². The van der Waals surface area contributed by atoms with E-state index in [1.54, 1.807) is 6.08 Å². The fourth-order valence-corrected chi connectivity index (χ4v) is 1.89. The molecule has 0 radical (unpaired) electrons. The van der Waals surface area contributed by atoms with Crippen LogP contribution in [0.15, 0.2) is 48.5 Å². The molecule has 3 heteroatoms. The Balaban J connectivity index is 1.90. The summed E-state index contributed by atoms with van der Waals surface area (Å²) >= 11 is 0. The lowest BCUT2D eigenvalue weighted by Crippen LogP contribution is -2.20. The van der Waals surface area contributed by atoms with Gasteiger partial charge in [-0.05, 0) is 42.7 Å². The molecule has 2 rings (SSSR count). The Hall–Kier alpha value is -2.55. The van der Waals surface area contributed by atoms with Gasteiger partial charge in [-0.15, -0.1) is 0 Å². The predicted octanol–water partition coefficient (Wildman–Crippen LogP) is 3.22. The van der Waals surface area contributed by atoms with Crippen LogP contribution in [0.25, 0.3) is 6.08 Å². The van der Waals surface area contributed by atoms with E-state index in [2.05, 4.69) is 5.32 Å². The van der Waals surface area contributed by atoms with E-state index in [0.717, 1.165) is 22.4 Å². The second-order valence-corrected chi connectivity index (χ2v) is 5.15. The fraction of sp³-hybridized carbons (Fsp3) is 0.167. The van der Waals surface area contributed by atoms with Gasteiger partial charge in [0.05, 0.1) is 0 Å². The lowest BCUT2D eigenvalue weighted by Gasteiger charge is -2.03.